The number of nitrogens with zero attached hydrogens (tertiary/aromatic N) is 2. The van der Waals surface area contributed by atoms with Crippen LogP contribution >= 0.6 is 11.8 Å². The van der Waals surface area contributed by atoms with Crippen molar-refractivity contribution in [1.82, 2.24) is 4.98 Å². The smallest absolute Gasteiger partial charge is 0.234 e. The van der Waals surface area contributed by atoms with E-state index in [1.807, 2.05) is 24.4 Å². The molecular weight excluding hydrogens is 306 g/mol. The highest BCUT2D eigenvalue weighted by atomic mass is 32.2. The minimum absolute atomic E-state index is 0.0444. The van der Waals surface area contributed by atoms with Gasteiger partial charge in [0.15, 0.2) is 0 Å². The van der Waals surface area contributed by atoms with Gasteiger partial charge in [0.2, 0.25) is 5.91 Å². The molecule has 0 radical (unpaired) electrons. The molecule has 1 aliphatic heterocycles. The van der Waals surface area contributed by atoms with Crippen LogP contribution in [0, 0.1) is 0 Å². The van der Waals surface area contributed by atoms with Crippen molar-refractivity contribution in [2.24, 2.45) is 0 Å². The Hall–Kier alpha value is -2.01. The number of hydrogen-bond donors (Lipinski definition) is 1. The number of fused-ring (bicyclic) bond motifs is 1. The fourth-order valence-electron chi connectivity index (χ4n) is 2.81. The van der Waals surface area contributed by atoms with Crippen LogP contribution in [0.25, 0.3) is 0 Å². The molecule has 2 aromatic rings. The first-order valence-electron chi connectivity index (χ1n) is 7.83. The Morgan fingerprint density at radius 1 is 1.39 bits per heavy atom. The highest BCUT2D eigenvalue weighted by molar-refractivity contribution is 7.99. The van der Waals surface area contributed by atoms with E-state index < -0.39 is 0 Å². The van der Waals surface area contributed by atoms with Gasteiger partial charge in [0.1, 0.15) is 0 Å². The van der Waals surface area contributed by atoms with Gasteiger partial charge in [0.05, 0.1) is 5.75 Å². The van der Waals surface area contributed by atoms with Crippen molar-refractivity contribution in [3.63, 3.8) is 0 Å². The monoisotopic (exact) mass is 327 g/mol. The van der Waals surface area contributed by atoms with Crippen molar-refractivity contribution in [2.75, 3.05) is 29.6 Å². The van der Waals surface area contributed by atoms with E-state index in [2.05, 4.69) is 34.4 Å². The summed E-state index contributed by atoms with van der Waals surface area (Å²) in [6, 6.07) is 10.1. The molecule has 0 aliphatic carbocycles. The minimum atomic E-state index is 0.0444. The molecule has 1 N–H and O–H groups in total. The van der Waals surface area contributed by atoms with Gasteiger partial charge < -0.3 is 10.2 Å². The normalized spacial score (nSPS) is 13.5. The molecule has 1 aliphatic rings. The van der Waals surface area contributed by atoms with E-state index in [0.29, 0.717) is 5.75 Å². The van der Waals surface area contributed by atoms with Crippen LogP contribution in [-0.4, -0.2) is 30.2 Å². The Kier molecular flexibility index (Phi) is 5.18. The third kappa shape index (κ3) is 4.26. The third-order valence-corrected chi connectivity index (χ3v) is 4.94. The SMILES string of the molecule is CN1CCCc2cc(NC(=O)CSCc3cccnc3)ccc21. The van der Waals surface area contributed by atoms with Gasteiger partial charge in [0, 0.05) is 43.1 Å². The highest BCUT2D eigenvalue weighted by Crippen LogP contribution is 2.28. The Labute approximate surface area is 141 Å². The number of anilines is 2. The molecule has 1 amide bonds. The zero-order valence-electron chi connectivity index (χ0n) is 13.3. The van der Waals surface area contributed by atoms with Crippen molar-refractivity contribution in [3.8, 4) is 0 Å². The van der Waals surface area contributed by atoms with Gasteiger partial charge in [0.25, 0.3) is 0 Å². The number of hydrogen-bond acceptors (Lipinski definition) is 4. The molecular formula is C18H21N3OS. The second kappa shape index (κ2) is 7.51. The number of thioether (sulfide) groups is 1. The maximum atomic E-state index is 12.1. The lowest BCUT2D eigenvalue weighted by Crippen LogP contribution is -2.24. The van der Waals surface area contributed by atoms with Crippen LogP contribution in [0.3, 0.4) is 0 Å². The van der Waals surface area contributed by atoms with E-state index >= 15 is 0 Å². The summed E-state index contributed by atoms with van der Waals surface area (Å²) in [7, 11) is 2.12. The van der Waals surface area contributed by atoms with Gasteiger partial charge in [-0.1, -0.05) is 6.07 Å². The maximum absolute atomic E-state index is 12.1. The summed E-state index contributed by atoms with van der Waals surface area (Å²) in [5.74, 6) is 1.30. The van der Waals surface area contributed by atoms with Crippen molar-refractivity contribution in [2.45, 2.75) is 18.6 Å². The number of aromatic nitrogens is 1. The largest absolute Gasteiger partial charge is 0.374 e. The molecule has 0 fully saturated rings. The molecule has 120 valence electrons. The molecule has 0 unspecified atom stereocenters. The molecule has 1 aromatic heterocycles. The molecule has 0 saturated carbocycles. The van der Waals surface area contributed by atoms with E-state index in [1.165, 1.54) is 17.7 Å². The second-order valence-corrected chi connectivity index (χ2v) is 6.76. The number of carbonyl (C=O) groups is 1. The van der Waals surface area contributed by atoms with Crippen LogP contribution in [0.2, 0.25) is 0 Å². The van der Waals surface area contributed by atoms with E-state index in [1.54, 1.807) is 18.0 Å². The Bertz CT molecular complexity index is 675. The van der Waals surface area contributed by atoms with Gasteiger partial charge >= 0.3 is 0 Å². The summed E-state index contributed by atoms with van der Waals surface area (Å²) in [6.45, 7) is 1.10. The second-order valence-electron chi connectivity index (χ2n) is 5.77. The molecule has 4 nitrogen and oxygen atoms in total. The summed E-state index contributed by atoms with van der Waals surface area (Å²) < 4.78 is 0. The van der Waals surface area contributed by atoms with E-state index in [4.69, 9.17) is 0 Å². The standard InChI is InChI=1S/C18H21N3OS/c1-21-9-3-5-15-10-16(6-7-17(15)21)20-18(22)13-23-12-14-4-2-8-19-11-14/h2,4,6-8,10-11H,3,5,9,12-13H2,1H3,(H,20,22). The fourth-order valence-corrected chi connectivity index (χ4v) is 3.57. The summed E-state index contributed by atoms with van der Waals surface area (Å²) >= 11 is 1.60. The Morgan fingerprint density at radius 3 is 3.13 bits per heavy atom. The van der Waals surface area contributed by atoms with Gasteiger partial charge in [-0.15, -0.1) is 11.8 Å². The van der Waals surface area contributed by atoms with Crippen LogP contribution in [0.5, 0.6) is 0 Å². The number of benzene rings is 1. The molecule has 0 spiro atoms. The maximum Gasteiger partial charge on any atom is 0.234 e. The average molecular weight is 327 g/mol. The Balaban J connectivity index is 1.52. The van der Waals surface area contributed by atoms with Gasteiger partial charge in [-0.3, -0.25) is 9.78 Å². The quantitative estimate of drug-likeness (QED) is 0.915. The van der Waals surface area contributed by atoms with Crippen molar-refractivity contribution >= 4 is 29.0 Å². The minimum Gasteiger partial charge on any atom is -0.374 e. The molecule has 5 heteroatoms. The van der Waals surface area contributed by atoms with Crippen LogP contribution < -0.4 is 10.2 Å². The lowest BCUT2D eigenvalue weighted by Gasteiger charge is -2.27. The Morgan fingerprint density at radius 2 is 2.30 bits per heavy atom. The fraction of sp³-hybridized carbons (Fsp3) is 0.333. The van der Waals surface area contributed by atoms with Gasteiger partial charge in [-0.2, -0.15) is 0 Å². The number of rotatable bonds is 5. The first kappa shape index (κ1) is 15.9. The van der Waals surface area contributed by atoms with Crippen molar-refractivity contribution in [3.05, 3.63) is 53.9 Å². The molecule has 0 atom stereocenters. The van der Waals surface area contributed by atoms with E-state index in [-0.39, 0.29) is 5.91 Å². The predicted molar refractivity (Wildman–Crippen MR) is 97.1 cm³/mol. The van der Waals surface area contributed by atoms with E-state index in [9.17, 15) is 4.79 Å². The average Bonchev–Trinajstić information content (AvgIpc) is 2.56. The molecule has 0 bridgehead atoms. The molecule has 23 heavy (non-hydrogen) atoms. The van der Waals surface area contributed by atoms with Crippen molar-refractivity contribution in [1.29, 1.82) is 0 Å². The van der Waals surface area contributed by atoms with Crippen LogP contribution in [0.15, 0.2) is 42.7 Å². The number of amides is 1. The van der Waals surface area contributed by atoms with Gasteiger partial charge in [-0.25, -0.2) is 0 Å². The van der Waals surface area contributed by atoms with Crippen LogP contribution in [-0.2, 0) is 17.0 Å². The summed E-state index contributed by atoms with van der Waals surface area (Å²) in [5, 5.41) is 3.00. The highest BCUT2D eigenvalue weighted by Gasteiger charge is 2.14. The third-order valence-electron chi connectivity index (χ3n) is 3.94. The summed E-state index contributed by atoms with van der Waals surface area (Å²) in [4.78, 5) is 18.4. The predicted octanol–water partition coefficient (Wildman–Crippen LogP) is 3.34. The summed E-state index contributed by atoms with van der Waals surface area (Å²) in [5.41, 5.74) is 4.63. The molecule has 3 rings (SSSR count). The topological polar surface area (TPSA) is 45.2 Å². The first-order chi connectivity index (χ1) is 11.2. The van der Waals surface area contributed by atoms with Crippen LogP contribution in [0.1, 0.15) is 17.5 Å². The number of pyridine rings is 1. The zero-order chi connectivity index (χ0) is 16.1. The first-order valence-corrected chi connectivity index (χ1v) is 8.98. The number of carbonyl (C=O) groups excluding carboxylic acids is 1. The number of aryl methyl sites for hydroxylation is 1. The van der Waals surface area contributed by atoms with Gasteiger partial charge in [-0.05, 0) is 48.2 Å². The molecule has 1 aromatic carbocycles. The van der Waals surface area contributed by atoms with Crippen molar-refractivity contribution < 1.29 is 4.79 Å². The van der Waals surface area contributed by atoms with Crippen LogP contribution in [0.4, 0.5) is 11.4 Å². The number of nitrogens with one attached hydrogen (secondary N) is 1. The summed E-state index contributed by atoms with van der Waals surface area (Å²) in [6.07, 6.45) is 5.85. The van der Waals surface area contributed by atoms with E-state index in [0.717, 1.165) is 30.0 Å². The lowest BCUT2D eigenvalue weighted by molar-refractivity contribution is -0.113. The zero-order valence-corrected chi connectivity index (χ0v) is 14.1. The molecule has 0 saturated heterocycles. The molecule has 2 heterocycles. The lowest BCUT2D eigenvalue weighted by atomic mass is 10.0.